The van der Waals surface area contributed by atoms with Crippen LogP contribution in [0.5, 0.6) is 5.75 Å². The van der Waals surface area contributed by atoms with Gasteiger partial charge in [0.15, 0.2) is 0 Å². The van der Waals surface area contributed by atoms with Crippen LogP contribution in [0.2, 0.25) is 0 Å². The van der Waals surface area contributed by atoms with Gasteiger partial charge in [-0.15, -0.1) is 0 Å². The molecule has 0 unspecified atom stereocenters. The summed E-state index contributed by atoms with van der Waals surface area (Å²) in [6, 6.07) is 12.2. The fourth-order valence-corrected chi connectivity index (χ4v) is 2.40. The second-order valence-electron chi connectivity index (χ2n) is 4.60. The molecule has 2 aromatic carbocycles. The summed E-state index contributed by atoms with van der Waals surface area (Å²) in [4.78, 5) is 12.2. The first-order chi connectivity index (χ1) is 10.0. The molecule has 0 saturated carbocycles. The third-order valence-corrected chi connectivity index (χ3v) is 3.68. The van der Waals surface area contributed by atoms with E-state index in [4.69, 9.17) is 4.74 Å². The summed E-state index contributed by atoms with van der Waals surface area (Å²) in [7, 11) is 1.57. The molecule has 0 aliphatic heterocycles. The van der Waals surface area contributed by atoms with Crippen molar-refractivity contribution in [2.75, 3.05) is 12.4 Å². The minimum absolute atomic E-state index is 0.205. The fraction of sp³-hybridized carbons (Fsp3) is 0.188. The van der Waals surface area contributed by atoms with Crippen LogP contribution in [-0.2, 0) is 0 Å². The molecular weight excluding hydrogens is 334 g/mol. The molecule has 110 valence electrons. The number of aliphatic hydroxyl groups excluding tert-OH is 1. The van der Waals surface area contributed by atoms with Gasteiger partial charge < -0.3 is 15.2 Å². The number of aliphatic hydroxyl groups is 1. The van der Waals surface area contributed by atoms with E-state index < -0.39 is 6.10 Å². The predicted molar refractivity (Wildman–Crippen MR) is 85.7 cm³/mol. The van der Waals surface area contributed by atoms with Crippen LogP contribution < -0.4 is 10.1 Å². The van der Waals surface area contributed by atoms with Crippen molar-refractivity contribution in [3.05, 3.63) is 58.1 Å². The molecule has 0 saturated heterocycles. The monoisotopic (exact) mass is 349 g/mol. The first-order valence-electron chi connectivity index (χ1n) is 6.44. The Morgan fingerprint density at radius 1 is 1.24 bits per heavy atom. The number of hydrogen-bond donors (Lipinski definition) is 2. The zero-order chi connectivity index (χ0) is 15.4. The van der Waals surface area contributed by atoms with Gasteiger partial charge in [0.25, 0.3) is 5.91 Å². The van der Waals surface area contributed by atoms with Crippen molar-refractivity contribution in [1.29, 1.82) is 0 Å². The average molecular weight is 350 g/mol. The normalized spacial score (nSPS) is 11.8. The number of benzene rings is 2. The summed E-state index contributed by atoms with van der Waals surface area (Å²) >= 11 is 3.35. The van der Waals surface area contributed by atoms with Gasteiger partial charge in [-0.05, 0) is 58.7 Å². The maximum atomic E-state index is 12.2. The van der Waals surface area contributed by atoms with E-state index in [-0.39, 0.29) is 5.91 Å². The summed E-state index contributed by atoms with van der Waals surface area (Å²) in [6.45, 7) is 1.70. The van der Waals surface area contributed by atoms with Gasteiger partial charge in [-0.25, -0.2) is 0 Å². The maximum absolute atomic E-state index is 12.2. The number of ether oxygens (including phenoxy) is 1. The zero-order valence-corrected chi connectivity index (χ0v) is 13.3. The van der Waals surface area contributed by atoms with Gasteiger partial charge in [0.05, 0.1) is 17.7 Å². The molecule has 0 fully saturated rings. The van der Waals surface area contributed by atoms with Crippen molar-refractivity contribution in [3.63, 3.8) is 0 Å². The lowest BCUT2D eigenvalue weighted by Crippen LogP contribution is -2.12. The molecule has 4 nitrogen and oxygen atoms in total. The van der Waals surface area contributed by atoms with Gasteiger partial charge in [-0.2, -0.15) is 0 Å². The number of anilines is 1. The number of halogens is 1. The van der Waals surface area contributed by atoms with Crippen molar-refractivity contribution >= 4 is 27.5 Å². The minimum atomic E-state index is -0.521. The molecule has 2 aromatic rings. The average Bonchev–Trinajstić information content (AvgIpc) is 2.47. The van der Waals surface area contributed by atoms with Crippen LogP contribution in [0, 0.1) is 0 Å². The van der Waals surface area contributed by atoms with E-state index in [1.807, 2.05) is 0 Å². The Labute approximate surface area is 131 Å². The van der Waals surface area contributed by atoms with Crippen molar-refractivity contribution < 1.29 is 14.6 Å². The Hall–Kier alpha value is -1.85. The number of rotatable bonds is 4. The second kappa shape index (κ2) is 6.74. The quantitative estimate of drug-likeness (QED) is 0.883. The van der Waals surface area contributed by atoms with Crippen LogP contribution in [0.3, 0.4) is 0 Å². The van der Waals surface area contributed by atoms with Crippen LogP contribution in [0.1, 0.15) is 28.9 Å². The van der Waals surface area contributed by atoms with E-state index >= 15 is 0 Å². The highest BCUT2D eigenvalue weighted by Gasteiger charge is 2.09. The standard InChI is InChI=1S/C16H16BrNO3/c1-10(19)11-3-6-13(7-4-11)18-16(20)12-5-8-15(21-2)14(17)9-12/h3-10,19H,1-2H3,(H,18,20)/t10-/m0/s1. The molecule has 0 aliphatic rings. The first-order valence-corrected chi connectivity index (χ1v) is 7.23. The predicted octanol–water partition coefficient (Wildman–Crippen LogP) is 3.76. The van der Waals surface area contributed by atoms with Crippen LogP contribution in [0.15, 0.2) is 46.9 Å². The van der Waals surface area contributed by atoms with Gasteiger partial charge >= 0.3 is 0 Å². The molecule has 2 N–H and O–H groups in total. The minimum Gasteiger partial charge on any atom is -0.496 e. The molecule has 5 heteroatoms. The second-order valence-corrected chi connectivity index (χ2v) is 5.46. The topological polar surface area (TPSA) is 58.6 Å². The molecule has 0 radical (unpaired) electrons. The Balaban J connectivity index is 2.12. The molecule has 0 bridgehead atoms. The van der Waals surface area contributed by atoms with E-state index in [9.17, 15) is 9.90 Å². The van der Waals surface area contributed by atoms with Crippen LogP contribution in [-0.4, -0.2) is 18.1 Å². The maximum Gasteiger partial charge on any atom is 0.255 e. The number of hydrogen-bond acceptors (Lipinski definition) is 3. The summed E-state index contributed by atoms with van der Waals surface area (Å²) in [5, 5.41) is 12.3. The number of methoxy groups -OCH3 is 1. The Morgan fingerprint density at radius 3 is 2.43 bits per heavy atom. The molecular formula is C16H16BrNO3. The lowest BCUT2D eigenvalue weighted by Gasteiger charge is -2.09. The molecule has 0 aromatic heterocycles. The van der Waals surface area contributed by atoms with E-state index in [0.29, 0.717) is 17.0 Å². The fourth-order valence-electron chi connectivity index (χ4n) is 1.86. The summed E-state index contributed by atoms with van der Waals surface area (Å²) in [5.41, 5.74) is 2.01. The number of carbonyl (C=O) groups is 1. The van der Waals surface area contributed by atoms with E-state index in [1.54, 1.807) is 56.5 Å². The van der Waals surface area contributed by atoms with E-state index in [0.717, 1.165) is 10.0 Å². The molecule has 0 spiro atoms. The summed E-state index contributed by atoms with van der Waals surface area (Å²) < 4.78 is 5.86. The van der Waals surface area contributed by atoms with Crippen molar-refractivity contribution in [2.24, 2.45) is 0 Å². The highest BCUT2D eigenvalue weighted by molar-refractivity contribution is 9.10. The van der Waals surface area contributed by atoms with Crippen LogP contribution >= 0.6 is 15.9 Å². The van der Waals surface area contributed by atoms with E-state index in [1.165, 1.54) is 0 Å². The molecule has 1 amide bonds. The highest BCUT2D eigenvalue weighted by Crippen LogP contribution is 2.26. The van der Waals surface area contributed by atoms with Crippen molar-refractivity contribution in [3.8, 4) is 5.75 Å². The molecule has 1 atom stereocenters. The molecule has 0 aliphatic carbocycles. The van der Waals surface area contributed by atoms with Gasteiger partial charge in [-0.3, -0.25) is 4.79 Å². The third kappa shape index (κ3) is 3.83. The molecule has 2 rings (SSSR count). The van der Waals surface area contributed by atoms with Crippen LogP contribution in [0.25, 0.3) is 0 Å². The third-order valence-electron chi connectivity index (χ3n) is 3.06. The first kappa shape index (κ1) is 15.5. The summed E-state index contributed by atoms with van der Waals surface area (Å²) in [5.74, 6) is 0.469. The molecule has 21 heavy (non-hydrogen) atoms. The number of nitrogens with one attached hydrogen (secondary N) is 1. The van der Waals surface area contributed by atoms with Crippen molar-refractivity contribution in [1.82, 2.24) is 0 Å². The van der Waals surface area contributed by atoms with Gasteiger partial charge in [0, 0.05) is 11.3 Å². The van der Waals surface area contributed by atoms with Gasteiger partial charge in [0.1, 0.15) is 5.75 Å². The SMILES string of the molecule is COc1ccc(C(=O)Nc2ccc([C@H](C)O)cc2)cc1Br. The molecule has 0 heterocycles. The largest absolute Gasteiger partial charge is 0.496 e. The zero-order valence-electron chi connectivity index (χ0n) is 11.8. The van der Waals surface area contributed by atoms with E-state index in [2.05, 4.69) is 21.2 Å². The lowest BCUT2D eigenvalue weighted by atomic mass is 10.1. The highest BCUT2D eigenvalue weighted by atomic mass is 79.9. The van der Waals surface area contributed by atoms with Crippen LogP contribution in [0.4, 0.5) is 5.69 Å². The van der Waals surface area contributed by atoms with Crippen molar-refractivity contribution in [2.45, 2.75) is 13.0 Å². The van der Waals surface area contributed by atoms with Gasteiger partial charge in [0.2, 0.25) is 0 Å². The smallest absolute Gasteiger partial charge is 0.255 e. The summed E-state index contributed by atoms with van der Waals surface area (Å²) in [6.07, 6.45) is -0.521. The Bertz CT molecular complexity index is 638. The number of carbonyl (C=O) groups excluding carboxylic acids is 1. The van der Waals surface area contributed by atoms with Gasteiger partial charge in [-0.1, -0.05) is 12.1 Å². The Kier molecular flexibility index (Phi) is 4.98. The lowest BCUT2D eigenvalue weighted by molar-refractivity contribution is 0.102. The number of amides is 1. The Morgan fingerprint density at radius 2 is 1.90 bits per heavy atom.